The van der Waals surface area contributed by atoms with Crippen LogP contribution in [-0.4, -0.2) is 62.7 Å². The van der Waals surface area contributed by atoms with Gasteiger partial charge in [-0.15, -0.1) is 12.4 Å². The lowest BCUT2D eigenvalue weighted by atomic mass is 9.65. The van der Waals surface area contributed by atoms with E-state index in [-0.39, 0.29) is 60.3 Å². The molecule has 3 heterocycles. The van der Waals surface area contributed by atoms with Crippen molar-refractivity contribution >= 4 is 18.4 Å². The highest BCUT2D eigenvalue weighted by molar-refractivity contribution is 5.85. The normalized spacial score (nSPS) is 24.5. The van der Waals surface area contributed by atoms with Crippen molar-refractivity contribution in [1.82, 2.24) is 10.2 Å². The van der Waals surface area contributed by atoms with Crippen LogP contribution >= 0.6 is 12.4 Å². The van der Waals surface area contributed by atoms with Gasteiger partial charge in [-0.1, -0.05) is 30.3 Å². The number of hydrogen-bond donors (Lipinski definition) is 2. The zero-order chi connectivity index (χ0) is 28.8. The van der Waals surface area contributed by atoms with Gasteiger partial charge in [0.05, 0.1) is 26.7 Å². The Morgan fingerprint density at radius 2 is 1.58 bits per heavy atom. The van der Waals surface area contributed by atoms with Crippen molar-refractivity contribution < 1.29 is 33.6 Å². The SMILES string of the molecule is COc1cc([C@@H]2c3cc4c(cc3[C@@H](NC3CCN(Cc5ccccc5)CC3)[C@H]3COC(=O)[C@H]23)OCO4)cc(OC)c1O.Cl. The topological polar surface area (TPSA) is 98.7 Å². The number of fused-ring (bicyclic) bond motifs is 3. The van der Waals surface area contributed by atoms with Gasteiger partial charge >= 0.3 is 5.97 Å². The fourth-order valence-electron chi connectivity index (χ4n) is 7.22. The number of likely N-dealkylation sites (tertiary alicyclic amines) is 1. The second-order valence-corrected chi connectivity index (χ2v) is 11.6. The summed E-state index contributed by atoms with van der Waals surface area (Å²) in [7, 11) is 3.01. The molecule has 4 atom stereocenters. The third-order valence-electron chi connectivity index (χ3n) is 9.30. The summed E-state index contributed by atoms with van der Waals surface area (Å²) in [5.74, 6) is 0.808. The van der Waals surface area contributed by atoms with E-state index in [0.717, 1.165) is 49.2 Å². The maximum Gasteiger partial charge on any atom is 0.310 e. The minimum Gasteiger partial charge on any atom is -0.502 e. The summed E-state index contributed by atoms with van der Waals surface area (Å²) < 4.78 is 28.3. The molecule has 2 fully saturated rings. The van der Waals surface area contributed by atoms with Crippen molar-refractivity contribution in [2.24, 2.45) is 11.8 Å². The molecule has 2 N–H and O–H groups in total. The van der Waals surface area contributed by atoms with Crippen LogP contribution in [0, 0.1) is 11.8 Å². The van der Waals surface area contributed by atoms with E-state index in [9.17, 15) is 9.90 Å². The van der Waals surface area contributed by atoms with Gasteiger partial charge in [-0.25, -0.2) is 0 Å². The number of nitrogens with zero attached hydrogens (tertiary/aromatic N) is 1. The number of ether oxygens (including phenoxy) is 5. The molecule has 10 heteroatoms. The Bertz CT molecular complexity index is 1450. The summed E-state index contributed by atoms with van der Waals surface area (Å²) in [6.07, 6.45) is 2.04. The second kappa shape index (κ2) is 12.1. The van der Waals surface area contributed by atoms with Gasteiger partial charge in [0.25, 0.3) is 0 Å². The molecule has 4 aliphatic rings. The molecular formula is C33H37ClN2O7. The van der Waals surface area contributed by atoms with Crippen LogP contribution in [0.1, 0.15) is 47.1 Å². The molecule has 3 aromatic rings. The lowest BCUT2D eigenvalue weighted by molar-refractivity contribution is -0.141. The first-order valence-electron chi connectivity index (χ1n) is 14.6. The first-order valence-corrected chi connectivity index (χ1v) is 14.6. The van der Waals surface area contributed by atoms with E-state index in [4.69, 9.17) is 23.7 Å². The highest BCUT2D eigenvalue weighted by Gasteiger charge is 2.53. The summed E-state index contributed by atoms with van der Waals surface area (Å²) in [5.41, 5.74) is 4.21. The molecule has 1 aliphatic carbocycles. The zero-order valence-electron chi connectivity index (χ0n) is 24.3. The van der Waals surface area contributed by atoms with Gasteiger partial charge < -0.3 is 34.1 Å². The average molecular weight is 609 g/mol. The number of rotatable bonds is 7. The molecule has 0 saturated carbocycles. The summed E-state index contributed by atoms with van der Waals surface area (Å²) in [6.45, 7) is 3.47. The molecule has 3 aliphatic heterocycles. The third kappa shape index (κ3) is 5.34. The predicted molar refractivity (Wildman–Crippen MR) is 161 cm³/mol. The Hall–Kier alpha value is -3.66. The van der Waals surface area contributed by atoms with Crippen LogP contribution in [0.2, 0.25) is 0 Å². The van der Waals surface area contributed by atoms with Crippen LogP contribution in [-0.2, 0) is 16.1 Å². The molecule has 0 bridgehead atoms. The Morgan fingerprint density at radius 1 is 0.930 bits per heavy atom. The predicted octanol–water partition coefficient (Wildman–Crippen LogP) is 4.79. The Balaban J connectivity index is 0.00000329. The van der Waals surface area contributed by atoms with E-state index in [1.807, 2.05) is 6.07 Å². The quantitative estimate of drug-likeness (QED) is 0.367. The first kappa shape index (κ1) is 29.4. The number of cyclic esters (lactones) is 1. The number of carbonyl (C=O) groups excluding carboxylic acids is 1. The monoisotopic (exact) mass is 608 g/mol. The Morgan fingerprint density at radius 3 is 2.23 bits per heavy atom. The number of methoxy groups -OCH3 is 2. The van der Waals surface area contributed by atoms with E-state index in [1.165, 1.54) is 19.8 Å². The van der Waals surface area contributed by atoms with Gasteiger partial charge in [0.2, 0.25) is 12.5 Å². The van der Waals surface area contributed by atoms with Crippen LogP contribution < -0.4 is 24.3 Å². The second-order valence-electron chi connectivity index (χ2n) is 11.6. The van der Waals surface area contributed by atoms with Crippen molar-refractivity contribution in [1.29, 1.82) is 0 Å². The summed E-state index contributed by atoms with van der Waals surface area (Å²) in [6, 6.07) is 18.5. The van der Waals surface area contributed by atoms with Crippen molar-refractivity contribution in [3.63, 3.8) is 0 Å². The minimum atomic E-state index is -0.424. The van der Waals surface area contributed by atoms with Crippen LogP contribution in [0.4, 0.5) is 0 Å². The molecule has 43 heavy (non-hydrogen) atoms. The van der Waals surface area contributed by atoms with Crippen molar-refractivity contribution in [2.75, 3.05) is 40.7 Å². The minimum absolute atomic E-state index is 0. The number of aromatic hydroxyl groups is 1. The molecule has 0 unspecified atom stereocenters. The van der Waals surface area contributed by atoms with Gasteiger partial charge in [-0.3, -0.25) is 9.69 Å². The molecule has 0 amide bonds. The standard InChI is InChI=1S/C33H36N2O7.ClH/c1-38-27-12-20(13-28(39-2)32(27)36)29-22-14-25-26(42-18-41-25)15-23(22)31(24-17-40-33(37)30(24)29)34-21-8-10-35(11-9-21)16-19-6-4-3-5-7-19;/h3-7,12-15,21,24,29-31,34,36H,8-11,16-18H2,1-2H3;1H/t24-,29+,30-,31+;/m0./s1. The van der Waals surface area contributed by atoms with Crippen LogP contribution in [0.15, 0.2) is 54.6 Å². The highest BCUT2D eigenvalue weighted by atomic mass is 35.5. The molecule has 228 valence electrons. The largest absolute Gasteiger partial charge is 0.502 e. The van der Waals surface area contributed by atoms with Crippen LogP contribution in [0.25, 0.3) is 0 Å². The first-order chi connectivity index (χ1) is 20.5. The number of phenols is 1. The summed E-state index contributed by atoms with van der Waals surface area (Å²) >= 11 is 0. The maximum absolute atomic E-state index is 13.4. The maximum atomic E-state index is 13.4. The number of carbonyl (C=O) groups is 1. The lowest BCUT2D eigenvalue weighted by Crippen LogP contribution is -2.48. The number of esters is 1. The zero-order valence-corrected chi connectivity index (χ0v) is 25.1. The smallest absolute Gasteiger partial charge is 0.310 e. The van der Waals surface area contributed by atoms with E-state index in [1.54, 1.807) is 12.1 Å². The third-order valence-corrected chi connectivity index (χ3v) is 9.30. The number of benzene rings is 3. The molecular weight excluding hydrogens is 572 g/mol. The molecule has 0 spiro atoms. The number of piperidine rings is 1. The van der Waals surface area contributed by atoms with Gasteiger partial charge in [0.1, 0.15) is 0 Å². The van der Waals surface area contributed by atoms with E-state index < -0.39 is 5.92 Å². The van der Waals surface area contributed by atoms with Crippen LogP contribution in [0.5, 0.6) is 28.7 Å². The van der Waals surface area contributed by atoms with Crippen molar-refractivity contribution in [2.45, 2.75) is 37.4 Å². The van der Waals surface area contributed by atoms with Crippen molar-refractivity contribution in [3.05, 3.63) is 76.9 Å². The van der Waals surface area contributed by atoms with Gasteiger partial charge in [-0.2, -0.15) is 0 Å². The van der Waals surface area contributed by atoms with Crippen LogP contribution in [0.3, 0.4) is 0 Å². The summed E-state index contributed by atoms with van der Waals surface area (Å²) in [4.78, 5) is 15.9. The lowest BCUT2D eigenvalue weighted by Gasteiger charge is -2.42. The fourth-order valence-corrected chi connectivity index (χ4v) is 7.22. The number of nitrogens with one attached hydrogen (secondary N) is 1. The molecule has 0 radical (unpaired) electrons. The molecule has 9 nitrogen and oxygen atoms in total. The summed E-state index contributed by atoms with van der Waals surface area (Å²) in [5, 5.41) is 14.6. The van der Waals surface area contributed by atoms with E-state index in [0.29, 0.717) is 24.1 Å². The van der Waals surface area contributed by atoms with Gasteiger partial charge in [0, 0.05) is 30.5 Å². The highest BCUT2D eigenvalue weighted by Crippen LogP contribution is 2.55. The van der Waals surface area contributed by atoms with Crippen molar-refractivity contribution in [3.8, 4) is 28.7 Å². The number of phenolic OH excluding ortho intramolecular Hbond substituents is 1. The number of halogens is 1. The molecule has 0 aromatic heterocycles. The van der Waals surface area contributed by atoms with E-state index >= 15 is 0 Å². The average Bonchev–Trinajstić information content (AvgIpc) is 3.64. The fraction of sp³-hybridized carbons (Fsp3) is 0.424. The van der Waals surface area contributed by atoms with Gasteiger partial charge in [0.15, 0.2) is 23.0 Å². The molecule has 2 saturated heterocycles. The van der Waals surface area contributed by atoms with Gasteiger partial charge in [-0.05, 0) is 72.5 Å². The number of hydrogen-bond acceptors (Lipinski definition) is 9. The van der Waals surface area contributed by atoms with E-state index in [2.05, 4.69) is 46.6 Å². The Kier molecular flexibility index (Phi) is 8.31. The Labute approximate surface area is 257 Å². The molecule has 7 rings (SSSR count). The molecule has 3 aromatic carbocycles.